The van der Waals surface area contributed by atoms with E-state index in [-0.39, 0.29) is 17.2 Å². The molecule has 4 nitrogen and oxygen atoms in total. The number of aromatic nitrogens is 1. The van der Waals surface area contributed by atoms with Gasteiger partial charge in [0, 0.05) is 23.1 Å². The van der Waals surface area contributed by atoms with E-state index in [4.69, 9.17) is 0 Å². The Bertz CT molecular complexity index is 935. The van der Waals surface area contributed by atoms with Crippen molar-refractivity contribution in [2.24, 2.45) is 0 Å². The average molecular weight is 383 g/mol. The van der Waals surface area contributed by atoms with Crippen molar-refractivity contribution >= 4 is 29.0 Å². The van der Waals surface area contributed by atoms with Gasteiger partial charge in [0.1, 0.15) is 0 Å². The van der Waals surface area contributed by atoms with Crippen LogP contribution in [0.3, 0.4) is 0 Å². The Hall–Kier alpha value is -2.27. The molecule has 1 aromatic carbocycles. The summed E-state index contributed by atoms with van der Waals surface area (Å²) >= 11 is 1.03. The molecule has 1 aliphatic rings. The van der Waals surface area contributed by atoms with Crippen molar-refractivity contribution in [1.82, 2.24) is 9.47 Å². The van der Waals surface area contributed by atoms with Crippen molar-refractivity contribution in [1.29, 1.82) is 0 Å². The minimum absolute atomic E-state index is 0.0777. The van der Waals surface area contributed by atoms with E-state index in [9.17, 15) is 9.59 Å². The maximum absolute atomic E-state index is 12.7. The molecule has 0 saturated carbocycles. The Morgan fingerprint density at radius 1 is 1.04 bits per heavy atom. The number of carbonyl (C=O) groups is 2. The Kier molecular flexibility index (Phi) is 5.33. The van der Waals surface area contributed by atoms with Crippen LogP contribution in [0.4, 0.5) is 4.79 Å². The van der Waals surface area contributed by atoms with Gasteiger partial charge in [0.25, 0.3) is 11.1 Å². The molecule has 2 heterocycles. The minimum Gasteiger partial charge on any atom is -0.318 e. The molecule has 27 heavy (non-hydrogen) atoms. The number of amides is 2. The van der Waals surface area contributed by atoms with Crippen LogP contribution in [0, 0.1) is 27.7 Å². The third-order valence-electron chi connectivity index (χ3n) is 5.08. The molecule has 1 fully saturated rings. The number of benzene rings is 1. The van der Waals surface area contributed by atoms with Crippen LogP contribution < -0.4 is 0 Å². The van der Waals surface area contributed by atoms with Gasteiger partial charge in [-0.2, -0.15) is 0 Å². The molecule has 0 unspecified atom stereocenters. The number of rotatable bonds is 4. The minimum atomic E-state index is -0.185. The van der Waals surface area contributed by atoms with Gasteiger partial charge in [-0.15, -0.1) is 0 Å². The number of nitrogens with zero attached hydrogens (tertiary/aromatic N) is 2. The van der Waals surface area contributed by atoms with E-state index in [1.54, 1.807) is 0 Å². The zero-order valence-corrected chi connectivity index (χ0v) is 17.6. The first-order chi connectivity index (χ1) is 12.7. The third kappa shape index (κ3) is 3.61. The molecular weight excluding hydrogens is 356 g/mol. The van der Waals surface area contributed by atoms with E-state index in [2.05, 4.69) is 56.5 Å². The monoisotopic (exact) mass is 382 g/mol. The van der Waals surface area contributed by atoms with Crippen LogP contribution in [0.5, 0.6) is 0 Å². The first kappa shape index (κ1) is 19.5. The SMILES string of the molecule is CC[C@@H](C)N1C(=O)S/C(=C/c2cc(C)n(-c3cc(C)cc(C)c3)c2C)C1=O. The van der Waals surface area contributed by atoms with Gasteiger partial charge in [0.2, 0.25) is 0 Å². The smallest absolute Gasteiger partial charge is 0.293 e. The molecular formula is C22H26N2O2S. The predicted molar refractivity (Wildman–Crippen MR) is 112 cm³/mol. The fraction of sp³-hybridized carbons (Fsp3) is 0.364. The van der Waals surface area contributed by atoms with Crippen molar-refractivity contribution in [3.05, 3.63) is 57.2 Å². The number of imide groups is 1. The molecule has 142 valence electrons. The summed E-state index contributed by atoms with van der Waals surface area (Å²) in [5, 5.41) is -0.177. The summed E-state index contributed by atoms with van der Waals surface area (Å²) in [4.78, 5) is 26.8. The number of carbonyl (C=O) groups excluding carboxylic acids is 2. The van der Waals surface area contributed by atoms with Gasteiger partial charge in [-0.1, -0.05) is 13.0 Å². The van der Waals surface area contributed by atoms with Crippen molar-refractivity contribution < 1.29 is 9.59 Å². The molecule has 0 bridgehead atoms. The number of hydrogen-bond donors (Lipinski definition) is 0. The van der Waals surface area contributed by atoms with Gasteiger partial charge in [0.05, 0.1) is 4.91 Å². The quantitative estimate of drug-likeness (QED) is 0.652. The number of thioether (sulfide) groups is 1. The summed E-state index contributed by atoms with van der Waals surface area (Å²) in [6.07, 6.45) is 2.61. The van der Waals surface area contributed by atoms with Gasteiger partial charge in [-0.05, 0) is 93.8 Å². The second kappa shape index (κ2) is 7.39. The Morgan fingerprint density at radius 3 is 2.26 bits per heavy atom. The van der Waals surface area contributed by atoms with Crippen LogP contribution in [-0.2, 0) is 4.79 Å². The van der Waals surface area contributed by atoms with E-state index in [1.807, 2.05) is 19.9 Å². The Labute approximate surface area is 165 Å². The number of aryl methyl sites for hydroxylation is 3. The highest BCUT2D eigenvalue weighted by Crippen LogP contribution is 2.35. The molecule has 0 N–H and O–H groups in total. The molecule has 1 aromatic heterocycles. The van der Waals surface area contributed by atoms with Crippen molar-refractivity contribution in [2.75, 3.05) is 0 Å². The highest BCUT2D eigenvalue weighted by atomic mass is 32.2. The molecule has 3 rings (SSSR count). The second-order valence-corrected chi connectivity index (χ2v) is 8.31. The normalized spacial score (nSPS) is 17.3. The van der Waals surface area contributed by atoms with Gasteiger partial charge < -0.3 is 4.57 Å². The third-order valence-corrected chi connectivity index (χ3v) is 5.96. The van der Waals surface area contributed by atoms with E-state index < -0.39 is 0 Å². The molecule has 5 heteroatoms. The highest BCUT2D eigenvalue weighted by Gasteiger charge is 2.37. The van der Waals surface area contributed by atoms with Crippen LogP contribution in [0.2, 0.25) is 0 Å². The summed E-state index contributed by atoms with van der Waals surface area (Å²) in [5.41, 5.74) is 6.69. The molecule has 0 aliphatic carbocycles. The fourth-order valence-corrected chi connectivity index (χ4v) is 4.52. The maximum atomic E-state index is 12.7. The summed E-state index contributed by atoms with van der Waals surface area (Å²) in [5.74, 6) is -0.185. The lowest BCUT2D eigenvalue weighted by Crippen LogP contribution is -2.36. The molecule has 2 aromatic rings. The van der Waals surface area contributed by atoms with E-state index in [0.29, 0.717) is 4.91 Å². The lowest BCUT2D eigenvalue weighted by Gasteiger charge is -2.19. The first-order valence-corrected chi connectivity index (χ1v) is 10.1. The molecule has 1 aliphatic heterocycles. The van der Waals surface area contributed by atoms with Crippen LogP contribution in [-0.4, -0.2) is 26.7 Å². The van der Waals surface area contributed by atoms with Gasteiger partial charge in [-0.3, -0.25) is 14.5 Å². The topological polar surface area (TPSA) is 42.3 Å². The Morgan fingerprint density at radius 2 is 1.67 bits per heavy atom. The van der Waals surface area contributed by atoms with Crippen LogP contribution >= 0.6 is 11.8 Å². The molecule has 0 spiro atoms. The van der Waals surface area contributed by atoms with Crippen molar-refractivity contribution in [3.63, 3.8) is 0 Å². The lowest BCUT2D eigenvalue weighted by atomic mass is 10.1. The summed E-state index contributed by atoms with van der Waals surface area (Å²) < 4.78 is 2.20. The van der Waals surface area contributed by atoms with Crippen LogP contribution in [0.15, 0.2) is 29.2 Å². The van der Waals surface area contributed by atoms with E-state index in [0.717, 1.165) is 40.8 Å². The Balaban J connectivity index is 2.01. The molecule has 1 saturated heterocycles. The van der Waals surface area contributed by atoms with Gasteiger partial charge in [-0.25, -0.2) is 0 Å². The van der Waals surface area contributed by atoms with E-state index in [1.165, 1.54) is 16.0 Å². The first-order valence-electron chi connectivity index (χ1n) is 9.27. The zero-order chi connectivity index (χ0) is 19.9. The fourth-order valence-electron chi connectivity index (χ4n) is 3.59. The van der Waals surface area contributed by atoms with Crippen molar-refractivity contribution in [2.45, 2.75) is 54.0 Å². The van der Waals surface area contributed by atoms with Crippen LogP contribution in [0.1, 0.15) is 48.3 Å². The largest absolute Gasteiger partial charge is 0.318 e. The van der Waals surface area contributed by atoms with Crippen LogP contribution in [0.25, 0.3) is 11.8 Å². The average Bonchev–Trinajstić information content (AvgIpc) is 3.02. The maximum Gasteiger partial charge on any atom is 0.293 e. The van der Waals surface area contributed by atoms with Crippen molar-refractivity contribution in [3.8, 4) is 5.69 Å². The number of hydrogen-bond acceptors (Lipinski definition) is 3. The second-order valence-electron chi connectivity index (χ2n) is 7.32. The highest BCUT2D eigenvalue weighted by molar-refractivity contribution is 8.18. The van der Waals surface area contributed by atoms with Gasteiger partial charge >= 0.3 is 0 Å². The molecule has 1 atom stereocenters. The molecule has 2 amide bonds. The van der Waals surface area contributed by atoms with E-state index >= 15 is 0 Å². The molecule has 0 radical (unpaired) electrons. The summed E-state index contributed by atoms with van der Waals surface area (Å²) in [7, 11) is 0. The van der Waals surface area contributed by atoms with Gasteiger partial charge in [0.15, 0.2) is 0 Å². The zero-order valence-electron chi connectivity index (χ0n) is 16.8. The predicted octanol–water partition coefficient (Wildman–Crippen LogP) is 5.55. The summed E-state index contributed by atoms with van der Waals surface area (Å²) in [6.45, 7) is 12.2. The summed E-state index contributed by atoms with van der Waals surface area (Å²) in [6, 6.07) is 8.47. The lowest BCUT2D eigenvalue weighted by molar-refractivity contribution is -0.124. The standard InChI is InChI=1S/C22H26N2O2S/c1-7-15(4)24-21(25)20(27-22(24)26)12-18-11-16(5)23(17(18)6)19-9-13(2)8-14(3)10-19/h8-12,15H,7H2,1-6H3/b20-12+/t15-/m1/s1.